The van der Waals surface area contributed by atoms with E-state index in [-0.39, 0.29) is 0 Å². The number of hydrogen-bond acceptors (Lipinski definition) is 2. The van der Waals surface area contributed by atoms with E-state index in [9.17, 15) is 0 Å². The topological polar surface area (TPSA) is 18.5 Å². The fraction of sp³-hybridized carbons (Fsp3) is 1.00. The summed E-state index contributed by atoms with van der Waals surface area (Å²) >= 11 is 0. The van der Waals surface area contributed by atoms with Crippen molar-refractivity contribution in [2.75, 3.05) is 13.2 Å². The molecule has 0 heterocycles. The SMILES string of the molecule is CCCCCCCCCO[Si](C)(C)OCCC(C)CC. The minimum Gasteiger partial charge on any atom is -0.395 e. The Labute approximate surface area is 128 Å². The van der Waals surface area contributed by atoms with E-state index in [4.69, 9.17) is 8.85 Å². The fourth-order valence-electron chi connectivity index (χ4n) is 2.13. The van der Waals surface area contributed by atoms with Crippen molar-refractivity contribution in [2.45, 2.75) is 91.7 Å². The van der Waals surface area contributed by atoms with E-state index >= 15 is 0 Å². The van der Waals surface area contributed by atoms with Gasteiger partial charge in [0, 0.05) is 13.2 Å². The highest BCUT2D eigenvalue weighted by molar-refractivity contribution is 6.64. The van der Waals surface area contributed by atoms with Crippen molar-refractivity contribution >= 4 is 8.56 Å². The van der Waals surface area contributed by atoms with Gasteiger partial charge in [-0.1, -0.05) is 65.7 Å². The maximum Gasteiger partial charge on any atom is 0.331 e. The van der Waals surface area contributed by atoms with E-state index in [1.165, 1.54) is 51.4 Å². The Morgan fingerprint density at radius 2 is 1.35 bits per heavy atom. The van der Waals surface area contributed by atoms with Crippen LogP contribution in [-0.2, 0) is 8.85 Å². The molecule has 122 valence electrons. The molecule has 0 aliphatic rings. The molecular formula is C17H38O2Si. The van der Waals surface area contributed by atoms with Gasteiger partial charge < -0.3 is 8.85 Å². The van der Waals surface area contributed by atoms with Gasteiger partial charge in [0.1, 0.15) is 0 Å². The molecule has 0 radical (unpaired) electrons. The van der Waals surface area contributed by atoms with E-state index < -0.39 is 8.56 Å². The van der Waals surface area contributed by atoms with E-state index in [2.05, 4.69) is 33.9 Å². The summed E-state index contributed by atoms with van der Waals surface area (Å²) in [6, 6.07) is 0. The van der Waals surface area contributed by atoms with Crippen LogP contribution in [0, 0.1) is 5.92 Å². The van der Waals surface area contributed by atoms with Gasteiger partial charge in [0.25, 0.3) is 0 Å². The molecule has 0 bridgehead atoms. The Morgan fingerprint density at radius 3 is 1.95 bits per heavy atom. The minimum absolute atomic E-state index is 0.767. The molecule has 0 aromatic carbocycles. The summed E-state index contributed by atoms with van der Waals surface area (Å²) in [6.07, 6.45) is 11.8. The lowest BCUT2D eigenvalue weighted by Gasteiger charge is -2.23. The Morgan fingerprint density at radius 1 is 0.800 bits per heavy atom. The first-order valence-electron chi connectivity index (χ1n) is 8.79. The molecule has 1 unspecified atom stereocenters. The monoisotopic (exact) mass is 302 g/mol. The van der Waals surface area contributed by atoms with Gasteiger partial charge in [0.05, 0.1) is 0 Å². The Hall–Kier alpha value is 0.137. The second-order valence-electron chi connectivity index (χ2n) is 6.52. The molecule has 1 atom stereocenters. The smallest absolute Gasteiger partial charge is 0.331 e. The molecule has 0 fully saturated rings. The summed E-state index contributed by atoms with van der Waals surface area (Å²) in [5.74, 6) is 0.767. The van der Waals surface area contributed by atoms with Crippen LogP contribution in [-0.4, -0.2) is 21.8 Å². The standard InChI is InChI=1S/C17H38O2Si/c1-6-8-9-10-11-12-13-15-18-20(4,5)19-16-14-17(3)7-2/h17H,6-16H2,1-5H3. The first kappa shape index (κ1) is 20.1. The third-order valence-corrected chi connectivity index (χ3v) is 5.75. The highest BCUT2D eigenvalue weighted by atomic mass is 28.4. The maximum atomic E-state index is 5.99. The third kappa shape index (κ3) is 13.1. The summed E-state index contributed by atoms with van der Waals surface area (Å²) in [6.45, 7) is 12.9. The van der Waals surface area contributed by atoms with E-state index in [1.54, 1.807) is 0 Å². The van der Waals surface area contributed by atoms with Crippen LogP contribution in [0.4, 0.5) is 0 Å². The third-order valence-electron chi connectivity index (χ3n) is 3.95. The molecule has 0 amide bonds. The van der Waals surface area contributed by atoms with Crippen molar-refractivity contribution in [3.8, 4) is 0 Å². The minimum atomic E-state index is -1.86. The van der Waals surface area contributed by atoms with Crippen molar-refractivity contribution in [1.29, 1.82) is 0 Å². The van der Waals surface area contributed by atoms with E-state index in [0.29, 0.717) is 0 Å². The number of unbranched alkanes of at least 4 members (excludes halogenated alkanes) is 6. The summed E-state index contributed by atoms with van der Waals surface area (Å²) in [4.78, 5) is 0. The first-order valence-corrected chi connectivity index (χ1v) is 11.6. The largest absolute Gasteiger partial charge is 0.395 e. The predicted molar refractivity (Wildman–Crippen MR) is 91.5 cm³/mol. The van der Waals surface area contributed by atoms with Gasteiger partial charge in [0.2, 0.25) is 0 Å². The molecule has 0 N–H and O–H groups in total. The maximum absolute atomic E-state index is 5.99. The van der Waals surface area contributed by atoms with Crippen LogP contribution in [0.1, 0.15) is 78.6 Å². The van der Waals surface area contributed by atoms with Gasteiger partial charge in [-0.2, -0.15) is 0 Å². The van der Waals surface area contributed by atoms with Crippen LogP contribution in [0.3, 0.4) is 0 Å². The van der Waals surface area contributed by atoms with Gasteiger partial charge in [-0.3, -0.25) is 0 Å². The molecule has 0 aromatic rings. The van der Waals surface area contributed by atoms with Gasteiger partial charge >= 0.3 is 8.56 Å². The van der Waals surface area contributed by atoms with Crippen molar-refractivity contribution in [2.24, 2.45) is 5.92 Å². The molecule has 0 aliphatic heterocycles. The molecule has 2 nitrogen and oxygen atoms in total. The van der Waals surface area contributed by atoms with E-state index in [0.717, 1.165) is 25.6 Å². The van der Waals surface area contributed by atoms with Crippen LogP contribution in [0.2, 0.25) is 13.1 Å². The normalized spacial score (nSPS) is 13.7. The molecule has 0 saturated heterocycles. The lowest BCUT2D eigenvalue weighted by Crippen LogP contribution is -2.35. The zero-order chi connectivity index (χ0) is 15.3. The molecule has 0 aromatic heterocycles. The molecule has 0 saturated carbocycles. The Bertz CT molecular complexity index is 207. The van der Waals surface area contributed by atoms with Crippen LogP contribution in [0.15, 0.2) is 0 Å². The summed E-state index contributed by atoms with van der Waals surface area (Å²) in [5.41, 5.74) is 0. The van der Waals surface area contributed by atoms with Gasteiger partial charge in [-0.25, -0.2) is 0 Å². The van der Waals surface area contributed by atoms with Crippen LogP contribution in [0.5, 0.6) is 0 Å². The zero-order valence-electron chi connectivity index (χ0n) is 14.7. The lowest BCUT2D eigenvalue weighted by atomic mass is 10.1. The first-order chi connectivity index (χ1) is 9.52. The molecular weight excluding hydrogens is 264 g/mol. The molecule has 3 heteroatoms. The van der Waals surface area contributed by atoms with Gasteiger partial charge in [0.15, 0.2) is 0 Å². The van der Waals surface area contributed by atoms with Gasteiger partial charge in [-0.15, -0.1) is 0 Å². The molecule has 0 spiro atoms. The molecule has 0 aliphatic carbocycles. The summed E-state index contributed by atoms with van der Waals surface area (Å²) < 4.78 is 12.0. The quantitative estimate of drug-likeness (QED) is 0.293. The molecule has 20 heavy (non-hydrogen) atoms. The highest BCUT2D eigenvalue weighted by Gasteiger charge is 2.24. The van der Waals surface area contributed by atoms with Crippen molar-refractivity contribution in [3.63, 3.8) is 0 Å². The van der Waals surface area contributed by atoms with Crippen molar-refractivity contribution in [1.82, 2.24) is 0 Å². The molecule has 0 rings (SSSR count). The Kier molecular flexibility index (Phi) is 12.9. The Balaban J connectivity index is 3.42. The summed E-state index contributed by atoms with van der Waals surface area (Å²) in [7, 11) is -1.86. The highest BCUT2D eigenvalue weighted by Crippen LogP contribution is 2.13. The second kappa shape index (κ2) is 12.8. The zero-order valence-corrected chi connectivity index (χ0v) is 15.7. The van der Waals surface area contributed by atoms with Crippen molar-refractivity contribution in [3.05, 3.63) is 0 Å². The lowest BCUT2D eigenvalue weighted by molar-refractivity contribution is 0.166. The fourth-order valence-corrected chi connectivity index (χ4v) is 3.46. The number of rotatable bonds is 14. The second-order valence-corrected chi connectivity index (χ2v) is 9.90. The van der Waals surface area contributed by atoms with Crippen LogP contribution >= 0.6 is 0 Å². The predicted octanol–water partition coefficient (Wildman–Crippen LogP) is 5.91. The van der Waals surface area contributed by atoms with Gasteiger partial charge in [-0.05, 0) is 31.9 Å². The van der Waals surface area contributed by atoms with Crippen LogP contribution in [0.25, 0.3) is 0 Å². The van der Waals surface area contributed by atoms with Crippen LogP contribution < -0.4 is 0 Å². The van der Waals surface area contributed by atoms with E-state index in [1.807, 2.05) is 0 Å². The number of hydrogen-bond donors (Lipinski definition) is 0. The van der Waals surface area contributed by atoms with Crippen molar-refractivity contribution < 1.29 is 8.85 Å². The summed E-state index contributed by atoms with van der Waals surface area (Å²) in [5, 5.41) is 0. The average molecular weight is 303 g/mol. The average Bonchev–Trinajstić information content (AvgIpc) is 2.41.